The highest BCUT2D eigenvalue weighted by Gasteiger charge is 2.26. The number of hydrogen-bond donors (Lipinski definition) is 0. The Kier molecular flexibility index (Phi) is 5.31. The van der Waals surface area contributed by atoms with Gasteiger partial charge in [-0.25, -0.2) is 4.98 Å². The Balaban J connectivity index is 1.35. The van der Waals surface area contributed by atoms with Gasteiger partial charge in [0.2, 0.25) is 5.89 Å². The molecule has 27 heavy (non-hydrogen) atoms. The van der Waals surface area contributed by atoms with Gasteiger partial charge in [0.15, 0.2) is 5.82 Å². The molecule has 1 aliphatic heterocycles. The maximum atomic E-state index is 5.93. The van der Waals surface area contributed by atoms with Crippen LogP contribution in [-0.4, -0.2) is 51.2 Å². The van der Waals surface area contributed by atoms with E-state index >= 15 is 0 Å². The van der Waals surface area contributed by atoms with Gasteiger partial charge in [-0.1, -0.05) is 28.9 Å². The van der Waals surface area contributed by atoms with Crippen LogP contribution in [0, 0.1) is 0 Å². The lowest BCUT2D eigenvalue weighted by atomic mass is 10.1. The number of aromatic nitrogens is 4. The summed E-state index contributed by atoms with van der Waals surface area (Å²) in [7, 11) is 0. The fraction of sp³-hybridized carbons (Fsp3) is 0.368. The van der Waals surface area contributed by atoms with Crippen molar-refractivity contribution in [3.63, 3.8) is 0 Å². The van der Waals surface area contributed by atoms with Gasteiger partial charge < -0.3 is 9.42 Å². The Morgan fingerprint density at radius 1 is 1.11 bits per heavy atom. The molecular formula is C19H21ClN6O. The Hall–Kier alpha value is -2.51. The molecule has 1 unspecified atom stereocenters. The molecule has 8 heteroatoms. The maximum absolute atomic E-state index is 5.93. The number of anilines is 1. The lowest BCUT2D eigenvalue weighted by molar-refractivity contribution is 0.164. The average Bonchev–Trinajstić information content (AvgIpc) is 3.18. The minimum absolute atomic E-state index is 0.0838. The molecule has 0 amide bonds. The fourth-order valence-corrected chi connectivity index (χ4v) is 3.37. The molecule has 3 heterocycles. The second kappa shape index (κ2) is 8.02. The summed E-state index contributed by atoms with van der Waals surface area (Å²) in [6.07, 6.45) is 5.86. The molecule has 0 bridgehead atoms. The standard InChI is InChI=1S/C19H21ClN6O/c1-14(25-8-10-26(11-9-25)18-13-21-6-7-22-18)19-23-17(24-27-19)12-15-2-4-16(20)5-3-15/h2-7,13-14H,8-12H2,1H3. The molecule has 140 valence electrons. The third kappa shape index (κ3) is 4.26. The quantitative estimate of drug-likeness (QED) is 0.669. The van der Waals surface area contributed by atoms with E-state index in [1.807, 2.05) is 24.3 Å². The number of rotatable bonds is 5. The smallest absolute Gasteiger partial charge is 0.243 e. The first-order valence-corrected chi connectivity index (χ1v) is 9.39. The molecule has 1 aliphatic rings. The molecule has 0 spiro atoms. The van der Waals surface area contributed by atoms with Crippen LogP contribution < -0.4 is 4.90 Å². The van der Waals surface area contributed by atoms with Crippen molar-refractivity contribution in [2.45, 2.75) is 19.4 Å². The van der Waals surface area contributed by atoms with Gasteiger partial charge >= 0.3 is 0 Å². The van der Waals surface area contributed by atoms with Crippen molar-refractivity contribution in [1.29, 1.82) is 0 Å². The highest BCUT2D eigenvalue weighted by molar-refractivity contribution is 6.30. The molecule has 1 fully saturated rings. The van der Waals surface area contributed by atoms with Gasteiger partial charge in [-0.15, -0.1) is 0 Å². The Morgan fingerprint density at radius 3 is 2.59 bits per heavy atom. The van der Waals surface area contributed by atoms with Crippen LogP contribution in [0.5, 0.6) is 0 Å². The molecule has 3 aromatic rings. The lowest BCUT2D eigenvalue weighted by Gasteiger charge is -2.37. The maximum Gasteiger partial charge on any atom is 0.243 e. The Morgan fingerprint density at radius 2 is 1.89 bits per heavy atom. The summed E-state index contributed by atoms with van der Waals surface area (Å²) in [4.78, 5) is 17.7. The van der Waals surface area contributed by atoms with Crippen LogP contribution in [0.15, 0.2) is 47.4 Å². The number of benzene rings is 1. The van der Waals surface area contributed by atoms with E-state index in [1.54, 1.807) is 18.6 Å². The van der Waals surface area contributed by atoms with Crippen molar-refractivity contribution in [1.82, 2.24) is 25.0 Å². The van der Waals surface area contributed by atoms with Crippen LogP contribution in [0.3, 0.4) is 0 Å². The third-order valence-corrected chi connectivity index (χ3v) is 5.10. The van der Waals surface area contributed by atoms with Gasteiger partial charge in [0, 0.05) is 50.0 Å². The Bertz CT molecular complexity index is 861. The van der Waals surface area contributed by atoms with Gasteiger partial charge in [-0.05, 0) is 24.6 Å². The van der Waals surface area contributed by atoms with Gasteiger partial charge in [-0.3, -0.25) is 9.88 Å². The zero-order chi connectivity index (χ0) is 18.6. The molecule has 0 saturated carbocycles. The van der Waals surface area contributed by atoms with E-state index in [0.29, 0.717) is 18.1 Å². The summed E-state index contributed by atoms with van der Waals surface area (Å²) < 4.78 is 5.52. The summed E-state index contributed by atoms with van der Waals surface area (Å²) in [6, 6.07) is 7.79. The molecule has 1 aromatic carbocycles. The molecule has 0 radical (unpaired) electrons. The van der Waals surface area contributed by atoms with Crippen LogP contribution in [0.4, 0.5) is 5.82 Å². The molecule has 1 atom stereocenters. The molecule has 1 saturated heterocycles. The first-order valence-electron chi connectivity index (χ1n) is 9.01. The zero-order valence-electron chi connectivity index (χ0n) is 15.1. The minimum Gasteiger partial charge on any atom is -0.353 e. The minimum atomic E-state index is 0.0838. The summed E-state index contributed by atoms with van der Waals surface area (Å²) in [6.45, 7) is 5.72. The summed E-state index contributed by atoms with van der Waals surface area (Å²) in [5.74, 6) is 2.28. The van der Waals surface area contributed by atoms with Gasteiger partial charge in [0.25, 0.3) is 0 Å². The largest absolute Gasteiger partial charge is 0.353 e. The first kappa shape index (κ1) is 17.9. The topological polar surface area (TPSA) is 71.2 Å². The second-order valence-corrected chi connectivity index (χ2v) is 7.05. The Labute approximate surface area is 163 Å². The van der Waals surface area contributed by atoms with E-state index in [4.69, 9.17) is 16.1 Å². The van der Waals surface area contributed by atoms with Crippen LogP contribution in [0.1, 0.15) is 30.2 Å². The fourth-order valence-electron chi connectivity index (χ4n) is 3.24. The molecule has 2 aromatic heterocycles. The monoisotopic (exact) mass is 384 g/mol. The van der Waals surface area contributed by atoms with Crippen LogP contribution in [0.2, 0.25) is 5.02 Å². The van der Waals surface area contributed by atoms with E-state index in [9.17, 15) is 0 Å². The lowest BCUT2D eigenvalue weighted by Crippen LogP contribution is -2.47. The van der Waals surface area contributed by atoms with Crippen molar-refractivity contribution < 1.29 is 4.52 Å². The van der Waals surface area contributed by atoms with Crippen molar-refractivity contribution in [2.24, 2.45) is 0 Å². The highest BCUT2D eigenvalue weighted by Crippen LogP contribution is 2.22. The normalized spacial score (nSPS) is 16.4. The van der Waals surface area contributed by atoms with Crippen LogP contribution >= 0.6 is 11.6 Å². The van der Waals surface area contributed by atoms with E-state index in [2.05, 4.69) is 36.8 Å². The van der Waals surface area contributed by atoms with Gasteiger partial charge in [0.1, 0.15) is 5.82 Å². The van der Waals surface area contributed by atoms with Crippen molar-refractivity contribution in [2.75, 3.05) is 31.1 Å². The number of nitrogens with zero attached hydrogens (tertiary/aromatic N) is 6. The highest BCUT2D eigenvalue weighted by atomic mass is 35.5. The van der Waals surface area contributed by atoms with Crippen molar-refractivity contribution in [3.05, 3.63) is 65.2 Å². The van der Waals surface area contributed by atoms with Crippen LogP contribution in [0.25, 0.3) is 0 Å². The summed E-state index contributed by atoms with van der Waals surface area (Å²) in [5.41, 5.74) is 1.11. The predicted octanol–water partition coefficient (Wildman–Crippen LogP) is 2.99. The third-order valence-electron chi connectivity index (χ3n) is 4.85. The van der Waals surface area contributed by atoms with Crippen molar-refractivity contribution in [3.8, 4) is 0 Å². The first-order chi connectivity index (χ1) is 13.2. The van der Waals surface area contributed by atoms with Gasteiger partial charge in [-0.2, -0.15) is 4.98 Å². The SMILES string of the molecule is CC(c1nc(Cc2ccc(Cl)cc2)no1)N1CCN(c2cnccn2)CC1. The van der Waals surface area contributed by atoms with Crippen molar-refractivity contribution >= 4 is 17.4 Å². The molecule has 0 aliphatic carbocycles. The summed E-state index contributed by atoms with van der Waals surface area (Å²) in [5, 5.41) is 4.86. The summed E-state index contributed by atoms with van der Waals surface area (Å²) >= 11 is 5.93. The van der Waals surface area contributed by atoms with Gasteiger partial charge in [0.05, 0.1) is 12.2 Å². The number of halogens is 1. The number of piperazine rings is 1. The van der Waals surface area contributed by atoms with E-state index in [0.717, 1.165) is 42.6 Å². The molecule has 4 rings (SSSR count). The van der Waals surface area contributed by atoms with Crippen LogP contribution in [-0.2, 0) is 6.42 Å². The molecular weight excluding hydrogens is 364 g/mol. The second-order valence-electron chi connectivity index (χ2n) is 6.61. The molecule has 0 N–H and O–H groups in total. The average molecular weight is 385 g/mol. The predicted molar refractivity (Wildman–Crippen MR) is 103 cm³/mol. The van der Waals surface area contributed by atoms with E-state index in [-0.39, 0.29) is 6.04 Å². The van der Waals surface area contributed by atoms with E-state index in [1.165, 1.54) is 0 Å². The number of hydrogen-bond acceptors (Lipinski definition) is 7. The molecule has 7 nitrogen and oxygen atoms in total. The zero-order valence-corrected chi connectivity index (χ0v) is 15.9. The van der Waals surface area contributed by atoms with E-state index < -0.39 is 0 Å².